The number of benzene rings is 3. The molecule has 0 saturated carbocycles. The van der Waals surface area contributed by atoms with E-state index in [9.17, 15) is 4.39 Å². The maximum atomic E-state index is 13.0. The molecule has 27 heavy (non-hydrogen) atoms. The van der Waals surface area contributed by atoms with E-state index in [2.05, 4.69) is 10.3 Å². The zero-order valence-corrected chi connectivity index (χ0v) is 14.5. The van der Waals surface area contributed by atoms with Gasteiger partial charge in [-0.3, -0.25) is 4.99 Å². The predicted molar refractivity (Wildman–Crippen MR) is 108 cm³/mol. The summed E-state index contributed by atoms with van der Waals surface area (Å²) in [7, 11) is 0. The normalized spacial score (nSPS) is 11.0. The van der Waals surface area contributed by atoms with E-state index in [1.807, 2.05) is 66.7 Å². The molecule has 1 heterocycles. The maximum Gasteiger partial charge on any atom is 0.145 e. The molecule has 0 spiro atoms. The molecule has 4 heteroatoms. The fourth-order valence-corrected chi connectivity index (χ4v) is 2.65. The minimum absolute atomic E-state index is 0.266. The van der Waals surface area contributed by atoms with E-state index >= 15 is 0 Å². The van der Waals surface area contributed by atoms with Crippen LogP contribution in [0.5, 0.6) is 0 Å². The molecule has 132 valence electrons. The highest BCUT2D eigenvalue weighted by Gasteiger charge is 2.03. The summed E-state index contributed by atoms with van der Waals surface area (Å²) in [4.78, 5) is 4.44. The van der Waals surface area contributed by atoms with Gasteiger partial charge in [0.15, 0.2) is 0 Å². The molecule has 0 aliphatic heterocycles. The van der Waals surface area contributed by atoms with Crippen LogP contribution in [0, 0.1) is 5.82 Å². The number of anilines is 2. The summed E-state index contributed by atoms with van der Waals surface area (Å²) in [6, 6.07) is 27.7. The minimum Gasteiger partial charge on any atom is -0.455 e. The number of nitrogens with one attached hydrogen (secondary N) is 1. The molecule has 1 aromatic heterocycles. The number of furan rings is 1. The molecular weight excluding hydrogens is 339 g/mol. The minimum atomic E-state index is -0.266. The van der Waals surface area contributed by atoms with Crippen LogP contribution in [0.15, 0.2) is 100 Å². The van der Waals surface area contributed by atoms with Crippen molar-refractivity contribution in [2.24, 2.45) is 4.99 Å². The van der Waals surface area contributed by atoms with Gasteiger partial charge in [0.2, 0.25) is 0 Å². The van der Waals surface area contributed by atoms with Crippen molar-refractivity contribution < 1.29 is 8.81 Å². The summed E-state index contributed by atoms with van der Waals surface area (Å²) in [6.07, 6.45) is 1.67. The average molecular weight is 356 g/mol. The first kappa shape index (κ1) is 16.8. The van der Waals surface area contributed by atoms with Gasteiger partial charge in [-0.1, -0.05) is 18.2 Å². The topological polar surface area (TPSA) is 37.5 Å². The second-order valence-electron chi connectivity index (χ2n) is 6.01. The number of rotatable bonds is 5. The summed E-state index contributed by atoms with van der Waals surface area (Å²) in [5.41, 5.74) is 3.69. The molecule has 4 rings (SSSR count). The van der Waals surface area contributed by atoms with Crippen molar-refractivity contribution in [2.45, 2.75) is 0 Å². The molecule has 3 aromatic carbocycles. The van der Waals surface area contributed by atoms with Crippen LogP contribution in [-0.2, 0) is 0 Å². The Labute approximate surface area is 156 Å². The van der Waals surface area contributed by atoms with Crippen LogP contribution in [0.1, 0.15) is 5.76 Å². The summed E-state index contributed by atoms with van der Waals surface area (Å²) in [6.45, 7) is 0. The molecule has 0 unspecified atom stereocenters. The van der Waals surface area contributed by atoms with Gasteiger partial charge in [-0.15, -0.1) is 0 Å². The zero-order chi connectivity index (χ0) is 18.5. The van der Waals surface area contributed by atoms with Crippen LogP contribution >= 0.6 is 0 Å². The summed E-state index contributed by atoms with van der Waals surface area (Å²) >= 11 is 0. The molecule has 0 saturated heterocycles. The van der Waals surface area contributed by atoms with Crippen molar-refractivity contribution in [2.75, 3.05) is 5.32 Å². The van der Waals surface area contributed by atoms with Crippen LogP contribution in [0.4, 0.5) is 21.5 Å². The number of aliphatic imine (C=N–C) groups is 1. The highest BCUT2D eigenvalue weighted by atomic mass is 19.1. The molecule has 1 N–H and O–H groups in total. The fraction of sp³-hybridized carbons (Fsp3) is 0. The SMILES string of the molecule is Fc1ccc(-c2ccc(C=Nc3ccc(Nc4ccccc4)cc3)o2)cc1. The lowest BCUT2D eigenvalue weighted by Gasteiger charge is -2.05. The number of hydrogen-bond donors (Lipinski definition) is 1. The molecule has 0 radical (unpaired) electrons. The van der Waals surface area contributed by atoms with Crippen LogP contribution in [0.3, 0.4) is 0 Å². The number of nitrogens with zero attached hydrogens (tertiary/aromatic N) is 1. The molecule has 3 nitrogen and oxygen atoms in total. The van der Waals surface area contributed by atoms with Gasteiger partial charge in [-0.2, -0.15) is 0 Å². The van der Waals surface area contributed by atoms with Crippen molar-refractivity contribution in [3.05, 3.63) is 103 Å². The smallest absolute Gasteiger partial charge is 0.145 e. The highest BCUT2D eigenvalue weighted by Crippen LogP contribution is 2.23. The van der Waals surface area contributed by atoms with Gasteiger partial charge in [-0.05, 0) is 72.8 Å². The van der Waals surface area contributed by atoms with E-state index < -0.39 is 0 Å². The lowest BCUT2D eigenvalue weighted by Crippen LogP contribution is -1.88. The maximum absolute atomic E-state index is 13.0. The zero-order valence-electron chi connectivity index (χ0n) is 14.5. The lowest BCUT2D eigenvalue weighted by molar-refractivity contribution is 0.574. The third-order valence-electron chi connectivity index (χ3n) is 4.03. The van der Waals surface area contributed by atoms with E-state index in [0.717, 1.165) is 22.6 Å². The van der Waals surface area contributed by atoms with Crippen molar-refractivity contribution >= 4 is 23.3 Å². The largest absolute Gasteiger partial charge is 0.455 e. The number of hydrogen-bond acceptors (Lipinski definition) is 3. The van der Waals surface area contributed by atoms with Crippen molar-refractivity contribution in [3.63, 3.8) is 0 Å². The second-order valence-corrected chi connectivity index (χ2v) is 6.01. The van der Waals surface area contributed by atoms with Gasteiger partial charge in [0, 0.05) is 16.9 Å². The molecule has 0 aliphatic carbocycles. The molecule has 4 aromatic rings. The lowest BCUT2D eigenvalue weighted by atomic mass is 10.2. The van der Waals surface area contributed by atoms with E-state index in [0.29, 0.717) is 11.5 Å². The Kier molecular flexibility index (Phi) is 4.79. The quantitative estimate of drug-likeness (QED) is 0.410. The Morgan fingerprint density at radius 3 is 2.19 bits per heavy atom. The summed E-state index contributed by atoms with van der Waals surface area (Å²) in [5.74, 6) is 1.05. The molecule has 0 atom stereocenters. The molecule has 0 bridgehead atoms. The third-order valence-corrected chi connectivity index (χ3v) is 4.03. The van der Waals surface area contributed by atoms with Gasteiger partial charge >= 0.3 is 0 Å². The second kappa shape index (κ2) is 7.70. The Balaban J connectivity index is 1.43. The van der Waals surface area contributed by atoms with Crippen LogP contribution < -0.4 is 5.32 Å². The fourth-order valence-electron chi connectivity index (χ4n) is 2.65. The molecule has 0 aliphatic rings. The Morgan fingerprint density at radius 2 is 1.44 bits per heavy atom. The van der Waals surface area contributed by atoms with Crippen molar-refractivity contribution in [1.29, 1.82) is 0 Å². The Hall–Kier alpha value is -3.66. The Bertz CT molecular complexity index is 1040. The summed E-state index contributed by atoms with van der Waals surface area (Å²) < 4.78 is 18.8. The van der Waals surface area contributed by atoms with Gasteiger partial charge in [0.1, 0.15) is 17.3 Å². The molecule has 0 fully saturated rings. The predicted octanol–water partition coefficient (Wildman–Crippen LogP) is 6.58. The van der Waals surface area contributed by atoms with Crippen LogP contribution in [0.2, 0.25) is 0 Å². The Morgan fingerprint density at radius 1 is 0.741 bits per heavy atom. The van der Waals surface area contributed by atoms with E-state index in [1.54, 1.807) is 18.3 Å². The molecular formula is C23H17FN2O. The summed E-state index contributed by atoms with van der Waals surface area (Å²) in [5, 5.41) is 3.33. The van der Waals surface area contributed by atoms with Crippen LogP contribution in [-0.4, -0.2) is 6.21 Å². The van der Waals surface area contributed by atoms with Gasteiger partial charge in [0.25, 0.3) is 0 Å². The number of para-hydroxylation sites is 1. The monoisotopic (exact) mass is 356 g/mol. The highest BCUT2D eigenvalue weighted by molar-refractivity contribution is 5.80. The van der Waals surface area contributed by atoms with Crippen molar-refractivity contribution in [1.82, 2.24) is 0 Å². The van der Waals surface area contributed by atoms with E-state index in [4.69, 9.17) is 4.42 Å². The van der Waals surface area contributed by atoms with Crippen LogP contribution in [0.25, 0.3) is 11.3 Å². The standard InChI is InChI=1S/C23H17FN2O/c24-18-8-6-17(7-9-18)23-15-14-22(27-23)16-25-19-10-12-21(13-11-19)26-20-4-2-1-3-5-20/h1-16,26H. The van der Waals surface area contributed by atoms with Crippen molar-refractivity contribution in [3.8, 4) is 11.3 Å². The van der Waals surface area contributed by atoms with Gasteiger partial charge in [-0.25, -0.2) is 4.39 Å². The molecule has 0 amide bonds. The first-order valence-corrected chi connectivity index (χ1v) is 8.58. The van der Waals surface area contributed by atoms with Gasteiger partial charge in [0.05, 0.1) is 11.9 Å². The van der Waals surface area contributed by atoms with E-state index in [-0.39, 0.29) is 5.82 Å². The average Bonchev–Trinajstić information content (AvgIpc) is 3.18. The first-order valence-electron chi connectivity index (χ1n) is 8.58. The number of halogens is 1. The third kappa shape index (κ3) is 4.30. The van der Waals surface area contributed by atoms with Gasteiger partial charge < -0.3 is 9.73 Å². The first-order chi connectivity index (χ1) is 13.3. The van der Waals surface area contributed by atoms with E-state index in [1.165, 1.54) is 12.1 Å².